The van der Waals surface area contributed by atoms with Gasteiger partial charge in [-0.2, -0.15) is 0 Å². The minimum Gasteiger partial charge on any atom is -0.330 e. The second-order valence-corrected chi connectivity index (χ2v) is 7.47. The fourth-order valence-electron chi connectivity index (χ4n) is 3.14. The summed E-state index contributed by atoms with van der Waals surface area (Å²) in [6.07, 6.45) is 1.03. The number of hydrogen-bond acceptors (Lipinski definition) is 2. The van der Waals surface area contributed by atoms with Crippen molar-refractivity contribution in [2.45, 2.75) is 53.1 Å². The van der Waals surface area contributed by atoms with Crippen LogP contribution in [-0.2, 0) is 11.2 Å². The lowest BCUT2D eigenvalue weighted by molar-refractivity contribution is -0.718. The molecule has 0 radical (unpaired) electrons. The van der Waals surface area contributed by atoms with Crippen LogP contribution in [0.15, 0.2) is 48.5 Å². The fourth-order valence-corrected chi connectivity index (χ4v) is 3.14. The van der Waals surface area contributed by atoms with E-state index in [9.17, 15) is 9.59 Å². The Bertz CT molecular complexity index is 764. The number of rotatable bonds is 8. The summed E-state index contributed by atoms with van der Waals surface area (Å²) in [4.78, 5) is 24.0. The highest BCUT2D eigenvalue weighted by atomic mass is 16.2. The number of quaternary nitrogens is 1. The Balaban J connectivity index is 2.04. The van der Waals surface area contributed by atoms with E-state index in [-0.39, 0.29) is 23.8 Å². The lowest BCUT2D eigenvalue weighted by atomic mass is 9.94. The van der Waals surface area contributed by atoms with E-state index >= 15 is 0 Å². The lowest BCUT2D eigenvalue weighted by Gasteiger charge is -2.23. The third-order valence-corrected chi connectivity index (χ3v) is 4.96. The Morgan fingerprint density at radius 3 is 2.04 bits per heavy atom. The molecule has 27 heavy (non-hydrogen) atoms. The van der Waals surface area contributed by atoms with Crippen molar-refractivity contribution in [1.82, 2.24) is 0 Å². The predicted octanol–water partition coefficient (Wildman–Crippen LogP) is 3.74. The molecule has 4 nitrogen and oxygen atoms in total. The van der Waals surface area contributed by atoms with E-state index in [0.29, 0.717) is 17.2 Å². The Hall–Kier alpha value is -2.46. The normalized spacial score (nSPS) is 13.3. The third-order valence-electron chi connectivity index (χ3n) is 4.96. The van der Waals surface area contributed by atoms with Crippen LogP contribution in [0.2, 0.25) is 0 Å². The van der Waals surface area contributed by atoms with Crippen molar-refractivity contribution < 1.29 is 14.9 Å². The molecule has 2 atom stereocenters. The van der Waals surface area contributed by atoms with Crippen molar-refractivity contribution in [2.24, 2.45) is 5.92 Å². The second kappa shape index (κ2) is 9.47. The van der Waals surface area contributed by atoms with E-state index in [4.69, 9.17) is 0 Å². The molecule has 2 rings (SSSR count). The minimum absolute atomic E-state index is 0.0171. The molecule has 0 aliphatic carbocycles. The molecule has 0 aliphatic rings. The quantitative estimate of drug-likeness (QED) is 0.698. The van der Waals surface area contributed by atoms with Crippen LogP contribution in [0, 0.1) is 5.92 Å². The Kier molecular flexibility index (Phi) is 7.31. The van der Waals surface area contributed by atoms with Crippen LogP contribution in [0.1, 0.15) is 62.1 Å². The Morgan fingerprint density at radius 2 is 1.56 bits per heavy atom. The molecule has 0 aromatic heterocycles. The number of carbonyl (C=O) groups excluding carboxylic acids is 2. The first-order valence-electron chi connectivity index (χ1n) is 9.67. The number of nitrogens with two attached hydrogens (primary N) is 1. The van der Waals surface area contributed by atoms with Gasteiger partial charge in [0.25, 0.3) is 5.91 Å². The van der Waals surface area contributed by atoms with Crippen LogP contribution < -0.4 is 10.6 Å². The zero-order valence-corrected chi connectivity index (χ0v) is 17.0. The van der Waals surface area contributed by atoms with Gasteiger partial charge in [-0.05, 0) is 50.1 Å². The van der Waals surface area contributed by atoms with Crippen molar-refractivity contribution in [3.05, 3.63) is 65.2 Å². The number of Topliss-reactive ketones (excluding diaryl/α,β-unsaturated/α-hetero) is 1. The highest BCUT2D eigenvalue weighted by Gasteiger charge is 2.25. The monoisotopic (exact) mass is 367 g/mol. The topological polar surface area (TPSA) is 62.8 Å². The van der Waals surface area contributed by atoms with E-state index < -0.39 is 0 Å². The number of aryl methyl sites for hydroxylation is 1. The summed E-state index contributed by atoms with van der Waals surface area (Å²) in [5, 5.41) is 5.07. The van der Waals surface area contributed by atoms with Gasteiger partial charge in [0, 0.05) is 22.7 Å². The summed E-state index contributed by atoms with van der Waals surface area (Å²) >= 11 is 0. The summed E-state index contributed by atoms with van der Waals surface area (Å²) in [5.41, 5.74) is 3.91. The van der Waals surface area contributed by atoms with Gasteiger partial charge in [-0.3, -0.25) is 9.59 Å². The SMILES string of the molecule is CCc1ccc([C@H]([NH2+][C@@H](C)C(=O)Nc2ccc(C(C)=O)cc2)C(C)C)cc1. The van der Waals surface area contributed by atoms with Gasteiger partial charge in [-0.15, -0.1) is 0 Å². The highest BCUT2D eigenvalue weighted by molar-refractivity contribution is 5.96. The van der Waals surface area contributed by atoms with E-state index in [1.54, 1.807) is 24.3 Å². The zero-order valence-electron chi connectivity index (χ0n) is 17.0. The molecule has 1 amide bonds. The average molecular weight is 368 g/mol. The molecule has 0 saturated heterocycles. The first-order chi connectivity index (χ1) is 12.8. The van der Waals surface area contributed by atoms with E-state index in [1.807, 2.05) is 6.92 Å². The molecule has 0 heterocycles. The summed E-state index contributed by atoms with van der Waals surface area (Å²) in [6.45, 7) is 9.97. The molecular formula is C23H31N2O2+. The Morgan fingerprint density at radius 1 is 0.963 bits per heavy atom. The Labute approximate surface area is 162 Å². The van der Waals surface area contributed by atoms with E-state index in [2.05, 4.69) is 55.7 Å². The van der Waals surface area contributed by atoms with Crippen LogP contribution in [0.25, 0.3) is 0 Å². The molecule has 0 spiro atoms. The number of carbonyl (C=O) groups is 2. The second-order valence-electron chi connectivity index (χ2n) is 7.47. The van der Waals surface area contributed by atoms with Crippen LogP contribution >= 0.6 is 0 Å². The molecule has 144 valence electrons. The smallest absolute Gasteiger partial charge is 0.282 e. The van der Waals surface area contributed by atoms with Gasteiger partial charge in [0.1, 0.15) is 6.04 Å². The molecule has 0 aliphatic heterocycles. The van der Waals surface area contributed by atoms with Crippen LogP contribution in [0.3, 0.4) is 0 Å². The van der Waals surface area contributed by atoms with Crippen molar-refractivity contribution in [1.29, 1.82) is 0 Å². The van der Waals surface area contributed by atoms with Crippen molar-refractivity contribution in [2.75, 3.05) is 5.32 Å². The number of ketones is 1. The van der Waals surface area contributed by atoms with E-state index in [0.717, 1.165) is 6.42 Å². The van der Waals surface area contributed by atoms with E-state index in [1.165, 1.54) is 18.1 Å². The van der Waals surface area contributed by atoms with Crippen LogP contribution in [0.4, 0.5) is 5.69 Å². The number of hydrogen-bond donors (Lipinski definition) is 2. The molecule has 0 unspecified atom stereocenters. The third kappa shape index (κ3) is 5.76. The summed E-state index contributed by atoms with van der Waals surface area (Å²) in [7, 11) is 0. The molecule has 2 aromatic carbocycles. The molecule has 3 N–H and O–H groups in total. The molecule has 4 heteroatoms. The molecular weight excluding hydrogens is 336 g/mol. The van der Waals surface area contributed by atoms with Gasteiger partial charge in [-0.1, -0.05) is 45.0 Å². The maximum Gasteiger partial charge on any atom is 0.282 e. The summed E-state index contributed by atoms with van der Waals surface area (Å²) < 4.78 is 0. The van der Waals surface area contributed by atoms with Crippen LogP contribution in [0.5, 0.6) is 0 Å². The number of nitrogens with one attached hydrogen (secondary N) is 1. The van der Waals surface area contributed by atoms with Crippen molar-refractivity contribution in [3.63, 3.8) is 0 Å². The summed E-state index contributed by atoms with van der Waals surface area (Å²) in [6, 6.07) is 15.7. The molecule has 0 saturated carbocycles. The minimum atomic E-state index is -0.226. The fraction of sp³-hybridized carbons (Fsp3) is 0.391. The van der Waals surface area contributed by atoms with Gasteiger partial charge in [-0.25, -0.2) is 0 Å². The first-order valence-corrected chi connectivity index (χ1v) is 9.67. The molecule has 0 bridgehead atoms. The maximum atomic E-state index is 12.6. The average Bonchev–Trinajstić information content (AvgIpc) is 2.66. The van der Waals surface area contributed by atoms with Crippen molar-refractivity contribution in [3.8, 4) is 0 Å². The maximum absolute atomic E-state index is 12.6. The molecule has 2 aromatic rings. The highest BCUT2D eigenvalue weighted by Crippen LogP contribution is 2.19. The standard InChI is InChI=1S/C23H30N2O2/c1-6-18-7-9-20(10-8-18)22(15(2)3)24-16(4)23(27)25-21-13-11-19(12-14-21)17(5)26/h7-16,22,24H,6H2,1-5H3,(H,25,27)/p+1/t16-,22+/m0/s1. The van der Waals surface area contributed by atoms with Gasteiger partial charge in [0.05, 0.1) is 0 Å². The van der Waals surface area contributed by atoms with Gasteiger partial charge in [0.2, 0.25) is 0 Å². The number of anilines is 1. The van der Waals surface area contributed by atoms with Gasteiger partial charge >= 0.3 is 0 Å². The number of benzene rings is 2. The zero-order chi connectivity index (χ0) is 20.0. The largest absolute Gasteiger partial charge is 0.330 e. The van der Waals surface area contributed by atoms with Gasteiger partial charge in [0.15, 0.2) is 11.8 Å². The van der Waals surface area contributed by atoms with Crippen LogP contribution in [-0.4, -0.2) is 17.7 Å². The van der Waals surface area contributed by atoms with Crippen molar-refractivity contribution >= 4 is 17.4 Å². The first kappa shape index (κ1) is 20.8. The summed E-state index contributed by atoms with van der Waals surface area (Å²) in [5.74, 6) is 0.382. The predicted molar refractivity (Wildman–Crippen MR) is 110 cm³/mol. The lowest BCUT2D eigenvalue weighted by Crippen LogP contribution is -2.93. The van der Waals surface area contributed by atoms with Gasteiger partial charge < -0.3 is 10.6 Å². The number of amides is 1. The molecule has 0 fully saturated rings.